The number of amides is 1. The fourth-order valence-electron chi connectivity index (χ4n) is 1.78. The summed E-state index contributed by atoms with van der Waals surface area (Å²) in [6.45, 7) is 1.68. The minimum Gasteiger partial charge on any atom is -0.478 e. The molecule has 0 heterocycles. The lowest BCUT2D eigenvalue weighted by molar-refractivity contribution is 0.0696. The van der Waals surface area contributed by atoms with Gasteiger partial charge in [-0.1, -0.05) is 0 Å². The minimum absolute atomic E-state index is 0.134. The Labute approximate surface area is 119 Å². The molecule has 0 aliphatic rings. The first kappa shape index (κ1) is 14.5. The first-order valence-electron chi connectivity index (χ1n) is 5.99. The summed E-state index contributed by atoms with van der Waals surface area (Å²) >= 11 is 0. The van der Waals surface area contributed by atoms with Crippen molar-refractivity contribution in [3.8, 4) is 11.5 Å². The summed E-state index contributed by atoms with van der Waals surface area (Å²) in [4.78, 5) is 21.8. The Bertz CT molecular complexity index is 728. The van der Waals surface area contributed by atoms with Gasteiger partial charge in [0.25, 0.3) is 5.91 Å². The van der Waals surface area contributed by atoms with Crippen LogP contribution in [0.25, 0.3) is 0 Å². The molecule has 0 spiro atoms. The molecule has 0 aromatic heterocycles. The Morgan fingerprint density at radius 2 is 1.90 bits per heavy atom. The predicted octanol–water partition coefficient (Wildman–Crippen LogP) is 2.72. The Balaban J connectivity index is 2.28. The van der Waals surface area contributed by atoms with Crippen LogP contribution < -0.4 is 10.5 Å². The van der Waals surface area contributed by atoms with Crippen molar-refractivity contribution in [2.24, 2.45) is 5.73 Å². The fraction of sp³-hybridized carbons (Fsp3) is 0.0667. The molecule has 0 radical (unpaired) electrons. The topological polar surface area (TPSA) is 89.6 Å². The maximum atomic E-state index is 13.6. The van der Waals surface area contributed by atoms with Crippen molar-refractivity contribution >= 4 is 11.9 Å². The molecule has 2 rings (SSSR count). The predicted molar refractivity (Wildman–Crippen MR) is 73.1 cm³/mol. The van der Waals surface area contributed by atoms with Crippen LogP contribution in [0.4, 0.5) is 4.39 Å². The summed E-state index contributed by atoms with van der Waals surface area (Å²) in [5.41, 5.74) is 5.52. The Kier molecular flexibility index (Phi) is 3.89. The molecule has 5 nitrogen and oxygen atoms in total. The van der Waals surface area contributed by atoms with Crippen molar-refractivity contribution in [1.29, 1.82) is 0 Å². The number of benzene rings is 2. The fourth-order valence-corrected chi connectivity index (χ4v) is 1.78. The highest BCUT2D eigenvalue weighted by atomic mass is 19.1. The molecule has 0 aliphatic carbocycles. The van der Waals surface area contributed by atoms with Crippen LogP contribution in [0, 0.1) is 12.7 Å². The highest BCUT2D eigenvalue weighted by molar-refractivity contribution is 5.93. The van der Waals surface area contributed by atoms with Crippen molar-refractivity contribution in [3.05, 3.63) is 58.9 Å². The standard InChI is InChI=1S/C15H12FNO4/c1-8-6-9(15(19)20)2-5-13(8)21-10-3-4-11(14(17)18)12(16)7-10/h2-7H,1H3,(H2,17,18)(H,19,20). The summed E-state index contributed by atoms with van der Waals surface area (Å²) in [6, 6.07) is 8.01. The van der Waals surface area contributed by atoms with E-state index in [2.05, 4.69) is 0 Å². The van der Waals surface area contributed by atoms with E-state index < -0.39 is 17.7 Å². The molecule has 0 saturated heterocycles. The number of carbonyl (C=O) groups excluding carboxylic acids is 1. The molecule has 1 amide bonds. The van der Waals surface area contributed by atoms with Crippen molar-refractivity contribution in [2.45, 2.75) is 6.92 Å². The number of carbonyl (C=O) groups is 2. The number of halogens is 1. The third-order valence-corrected chi connectivity index (χ3v) is 2.86. The summed E-state index contributed by atoms with van der Waals surface area (Å²) in [5.74, 6) is -2.10. The summed E-state index contributed by atoms with van der Waals surface area (Å²) in [5, 5.41) is 8.87. The molecule has 0 unspecified atom stereocenters. The van der Waals surface area contributed by atoms with E-state index in [1.165, 1.54) is 30.3 Å². The van der Waals surface area contributed by atoms with Gasteiger partial charge in [-0.25, -0.2) is 9.18 Å². The van der Waals surface area contributed by atoms with E-state index in [-0.39, 0.29) is 16.9 Å². The summed E-state index contributed by atoms with van der Waals surface area (Å²) in [7, 11) is 0. The van der Waals surface area contributed by atoms with Crippen molar-refractivity contribution in [3.63, 3.8) is 0 Å². The first-order valence-corrected chi connectivity index (χ1v) is 5.99. The third-order valence-electron chi connectivity index (χ3n) is 2.86. The zero-order chi connectivity index (χ0) is 15.6. The second-order valence-corrected chi connectivity index (χ2v) is 4.39. The molecular weight excluding hydrogens is 277 g/mol. The second-order valence-electron chi connectivity index (χ2n) is 4.39. The van der Waals surface area contributed by atoms with Crippen molar-refractivity contribution in [2.75, 3.05) is 0 Å². The molecule has 0 bridgehead atoms. The first-order chi connectivity index (χ1) is 9.88. The van der Waals surface area contributed by atoms with Crippen LogP contribution in [0.5, 0.6) is 11.5 Å². The van der Waals surface area contributed by atoms with Gasteiger partial charge in [0.05, 0.1) is 11.1 Å². The van der Waals surface area contributed by atoms with Crippen LogP contribution in [0.3, 0.4) is 0 Å². The average molecular weight is 289 g/mol. The molecule has 2 aromatic rings. The lowest BCUT2D eigenvalue weighted by Crippen LogP contribution is -2.12. The van der Waals surface area contributed by atoms with Gasteiger partial charge >= 0.3 is 5.97 Å². The molecule has 6 heteroatoms. The maximum Gasteiger partial charge on any atom is 0.335 e. The van der Waals surface area contributed by atoms with E-state index in [0.717, 1.165) is 6.07 Å². The number of aryl methyl sites for hydroxylation is 1. The number of rotatable bonds is 4. The summed E-state index contributed by atoms with van der Waals surface area (Å²) < 4.78 is 19.1. The zero-order valence-electron chi connectivity index (χ0n) is 11.1. The number of carboxylic acids is 1. The lowest BCUT2D eigenvalue weighted by atomic mass is 10.1. The number of hydrogen-bond acceptors (Lipinski definition) is 3. The van der Waals surface area contributed by atoms with Crippen LogP contribution in [-0.2, 0) is 0 Å². The molecule has 21 heavy (non-hydrogen) atoms. The number of ether oxygens (including phenoxy) is 1. The van der Waals surface area contributed by atoms with E-state index >= 15 is 0 Å². The highest BCUT2D eigenvalue weighted by Crippen LogP contribution is 2.27. The maximum absolute atomic E-state index is 13.6. The van der Waals surface area contributed by atoms with Crippen molar-refractivity contribution < 1.29 is 23.8 Å². The number of nitrogens with two attached hydrogens (primary N) is 1. The van der Waals surface area contributed by atoms with Gasteiger partial charge in [-0.05, 0) is 42.8 Å². The Morgan fingerprint density at radius 1 is 1.19 bits per heavy atom. The quantitative estimate of drug-likeness (QED) is 0.905. The average Bonchev–Trinajstić information content (AvgIpc) is 2.40. The molecule has 0 aliphatic heterocycles. The molecular formula is C15H12FNO4. The van der Waals surface area contributed by atoms with Gasteiger partial charge in [0.2, 0.25) is 0 Å². The van der Waals surface area contributed by atoms with Crippen LogP contribution in [-0.4, -0.2) is 17.0 Å². The van der Waals surface area contributed by atoms with E-state index in [1.54, 1.807) is 6.92 Å². The van der Waals surface area contributed by atoms with Gasteiger partial charge in [0, 0.05) is 6.07 Å². The van der Waals surface area contributed by atoms with Gasteiger partial charge in [0.15, 0.2) is 0 Å². The van der Waals surface area contributed by atoms with Crippen molar-refractivity contribution in [1.82, 2.24) is 0 Å². The van der Waals surface area contributed by atoms with Crippen LogP contribution >= 0.6 is 0 Å². The highest BCUT2D eigenvalue weighted by Gasteiger charge is 2.11. The SMILES string of the molecule is Cc1cc(C(=O)O)ccc1Oc1ccc(C(N)=O)c(F)c1. The normalized spacial score (nSPS) is 10.2. The smallest absolute Gasteiger partial charge is 0.335 e. The van der Waals surface area contributed by atoms with E-state index in [1.807, 2.05) is 0 Å². The van der Waals surface area contributed by atoms with Gasteiger partial charge < -0.3 is 15.6 Å². The van der Waals surface area contributed by atoms with Crippen LogP contribution in [0.2, 0.25) is 0 Å². The van der Waals surface area contributed by atoms with Crippen LogP contribution in [0.1, 0.15) is 26.3 Å². The molecule has 3 N–H and O–H groups in total. The molecule has 0 atom stereocenters. The Hall–Kier alpha value is -2.89. The third kappa shape index (κ3) is 3.17. The second kappa shape index (κ2) is 5.62. The Morgan fingerprint density at radius 3 is 2.43 bits per heavy atom. The molecule has 108 valence electrons. The zero-order valence-corrected chi connectivity index (χ0v) is 11.1. The van der Waals surface area contributed by atoms with Gasteiger partial charge in [-0.15, -0.1) is 0 Å². The number of carboxylic acid groups (broad SMARTS) is 1. The van der Waals surface area contributed by atoms with Crippen LogP contribution in [0.15, 0.2) is 36.4 Å². The van der Waals surface area contributed by atoms with Gasteiger partial charge in [-0.2, -0.15) is 0 Å². The van der Waals surface area contributed by atoms with E-state index in [9.17, 15) is 14.0 Å². The van der Waals surface area contributed by atoms with Gasteiger partial charge in [-0.3, -0.25) is 4.79 Å². The largest absolute Gasteiger partial charge is 0.478 e. The van der Waals surface area contributed by atoms with E-state index in [0.29, 0.717) is 11.3 Å². The van der Waals surface area contributed by atoms with Gasteiger partial charge in [0.1, 0.15) is 17.3 Å². The molecule has 2 aromatic carbocycles. The monoisotopic (exact) mass is 289 g/mol. The lowest BCUT2D eigenvalue weighted by Gasteiger charge is -2.10. The molecule has 0 fully saturated rings. The summed E-state index contributed by atoms with van der Waals surface area (Å²) in [6.07, 6.45) is 0. The number of hydrogen-bond donors (Lipinski definition) is 2. The molecule has 0 saturated carbocycles. The minimum atomic E-state index is -1.04. The number of aromatic carboxylic acids is 1. The number of primary amides is 1. The van der Waals surface area contributed by atoms with E-state index in [4.69, 9.17) is 15.6 Å².